The molecule has 1 saturated heterocycles. The van der Waals surface area contributed by atoms with Crippen molar-refractivity contribution in [3.63, 3.8) is 0 Å². The molecule has 1 aliphatic heterocycles. The maximum Gasteiger partial charge on any atom is 0.0450 e. The molecule has 1 aromatic carbocycles. The van der Waals surface area contributed by atoms with Crippen LogP contribution in [0.5, 0.6) is 0 Å². The van der Waals surface area contributed by atoms with Crippen LogP contribution in [0.15, 0.2) is 36.7 Å². The normalized spacial score (nSPS) is 26.9. The minimum absolute atomic E-state index is 0.545. The molecule has 1 saturated carbocycles. The maximum absolute atomic E-state index is 4.24. The topological polar surface area (TPSA) is 28.2 Å². The summed E-state index contributed by atoms with van der Waals surface area (Å²) >= 11 is 0. The zero-order chi connectivity index (χ0) is 13.5. The van der Waals surface area contributed by atoms with Crippen molar-refractivity contribution in [1.82, 2.24) is 10.3 Å². The van der Waals surface area contributed by atoms with Crippen LogP contribution in [0.4, 0.5) is 5.69 Å². The molecule has 1 N–H and O–H groups in total. The summed E-state index contributed by atoms with van der Waals surface area (Å²) < 4.78 is 0. The molecular weight excluding hydrogens is 246 g/mol. The summed E-state index contributed by atoms with van der Waals surface area (Å²) in [4.78, 5) is 6.83. The molecule has 20 heavy (non-hydrogen) atoms. The Balaban J connectivity index is 1.72. The van der Waals surface area contributed by atoms with Gasteiger partial charge in [0.25, 0.3) is 0 Å². The average molecular weight is 267 g/mol. The standard InChI is InChI=1S/C17H21N3/c1-12-9-19-16(13-5-6-13)11-20(12)17-4-2-3-14-10-18-8-7-15(14)17/h2-4,7-8,10,12-13,16,19H,5-6,9,11H2,1H3. The molecule has 2 heterocycles. The fraction of sp³-hybridized carbons (Fsp3) is 0.471. The summed E-state index contributed by atoms with van der Waals surface area (Å²) in [6.07, 6.45) is 6.67. The molecule has 2 fully saturated rings. The zero-order valence-corrected chi connectivity index (χ0v) is 11.9. The highest BCUT2D eigenvalue weighted by atomic mass is 15.2. The van der Waals surface area contributed by atoms with Crippen LogP contribution in [0, 0.1) is 5.92 Å². The van der Waals surface area contributed by atoms with Crippen molar-refractivity contribution in [2.24, 2.45) is 5.92 Å². The number of hydrogen-bond acceptors (Lipinski definition) is 3. The fourth-order valence-electron chi connectivity index (χ4n) is 3.39. The van der Waals surface area contributed by atoms with Crippen LogP contribution in [-0.2, 0) is 0 Å². The van der Waals surface area contributed by atoms with Crippen LogP contribution in [0.25, 0.3) is 10.8 Å². The van der Waals surface area contributed by atoms with E-state index >= 15 is 0 Å². The maximum atomic E-state index is 4.24. The predicted molar refractivity (Wildman–Crippen MR) is 83.1 cm³/mol. The van der Waals surface area contributed by atoms with E-state index in [1.54, 1.807) is 0 Å². The van der Waals surface area contributed by atoms with E-state index in [-0.39, 0.29) is 0 Å². The van der Waals surface area contributed by atoms with Crippen LogP contribution in [0.2, 0.25) is 0 Å². The Bertz CT molecular complexity index is 615. The molecule has 1 aliphatic carbocycles. The molecule has 104 valence electrons. The van der Waals surface area contributed by atoms with Gasteiger partial charge in [-0.1, -0.05) is 12.1 Å². The molecule has 0 radical (unpaired) electrons. The van der Waals surface area contributed by atoms with E-state index < -0.39 is 0 Å². The van der Waals surface area contributed by atoms with Gasteiger partial charge in [-0.15, -0.1) is 0 Å². The number of nitrogens with one attached hydrogen (secondary N) is 1. The number of fused-ring (bicyclic) bond motifs is 1. The molecule has 2 aliphatic rings. The van der Waals surface area contributed by atoms with E-state index in [9.17, 15) is 0 Å². The van der Waals surface area contributed by atoms with E-state index in [1.165, 1.54) is 29.3 Å². The van der Waals surface area contributed by atoms with Gasteiger partial charge in [0.05, 0.1) is 0 Å². The summed E-state index contributed by atoms with van der Waals surface area (Å²) in [6, 6.07) is 9.92. The number of rotatable bonds is 2. The Morgan fingerprint density at radius 3 is 3.00 bits per heavy atom. The average Bonchev–Trinajstić information content (AvgIpc) is 3.32. The number of nitrogens with zero attached hydrogens (tertiary/aromatic N) is 2. The van der Waals surface area contributed by atoms with E-state index in [1.807, 2.05) is 12.4 Å². The third-order valence-electron chi connectivity index (χ3n) is 4.76. The Morgan fingerprint density at radius 2 is 2.15 bits per heavy atom. The highest BCUT2D eigenvalue weighted by molar-refractivity contribution is 5.93. The highest BCUT2D eigenvalue weighted by Gasteiger charge is 2.36. The van der Waals surface area contributed by atoms with Gasteiger partial charge in [0.1, 0.15) is 0 Å². The SMILES string of the molecule is CC1CNC(C2CC2)CN1c1cccc2cnccc12. The van der Waals surface area contributed by atoms with Crippen molar-refractivity contribution >= 4 is 16.5 Å². The Morgan fingerprint density at radius 1 is 1.25 bits per heavy atom. The molecule has 0 spiro atoms. The van der Waals surface area contributed by atoms with Crippen LogP contribution >= 0.6 is 0 Å². The summed E-state index contributed by atoms with van der Waals surface area (Å²) in [5, 5.41) is 6.28. The van der Waals surface area contributed by atoms with Crippen molar-refractivity contribution in [2.45, 2.75) is 31.8 Å². The zero-order valence-electron chi connectivity index (χ0n) is 11.9. The first kappa shape index (κ1) is 12.2. The summed E-state index contributed by atoms with van der Waals surface area (Å²) in [5.74, 6) is 0.904. The summed E-state index contributed by atoms with van der Waals surface area (Å²) in [7, 11) is 0. The molecule has 3 nitrogen and oxygen atoms in total. The Kier molecular flexibility index (Phi) is 2.88. The number of piperazine rings is 1. The second-order valence-corrected chi connectivity index (χ2v) is 6.23. The van der Waals surface area contributed by atoms with Crippen molar-refractivity contribution in [3.05, 3.63) is 36.7 Å². The number of pyridine rings is 1. The highest BCUT2D eigenvalue weighted by Crippen LogP contribution is 2.36. The van der Waals surface area contributed by atoms with E-state index in [4.69, 9.17) is 0 Å². The predicted octanol–water partition coefficient (Wildman–Crippen LogP) is 2.81. The van der Waals surface area contributed by atoms with Gasteiger partial charge in [-0.05, 0) is 37.8 Å². The van der Waals surface area contributed by atoms with Crippen molar-refractivity contribution in [2.75, 3.05) is 18.0 Å². The van der Waals surface area contributed by atoms with Crippen LogP contribution in [-0.4, -0.2) is 30.2 Å². The molecule has 2 unspecified atom stereocenters. The first-order valence-electron chi connectivity index (χ1n) is 7.66. The lowest BCUT2D eigenvalue weighted by Gasteiger charge is -2.41. The van der Waals surface area contributed by atoms with Crippen molar-refractivity contribution in [1.29, 1.82) is 0 Å². The summed E-state index contributed by atoms with van der Waals surface area (Å²) in [6.45, 7) is 4.53. The third-order valence-corrected chi connectivity index (χ3v) is 4.76. The molecular formula is C17H21N3. The van der Waals surface area contributed by atoms with Gasteiger partial charge in [0, 0.05) is 54.0 Å². The molecule has 2 aromatic rings. The van der Waals surface area contributed by atoms with Gasteiger partial charge >= 0.3 is 0 Å². The molecule has 0 bridgehead atoms. The van der Waals surface area contributed by atoms with Crippen LogP contribution in [0.1, 0.15) is 19.8 Å². The summed E-state index contributed by atoms with van der Waals surface area (Å²) in [5.41, 5.74) is 1.37. The molecule has 2 atom stereocenters. The van der Waals surface area contributed by atoms with Gasteiger partial charge in [-0.25, -0.2) is 0 Å². The fourth-order valence-corrected chi connectivity index (χ4v) is 3.39. The lowest BCUT2D eigenvalue weighted by atomic mass is 10.0. The first-order chi connectivity index (χ1) is 9.83. The number of hydrogen-bond donors (Lipinski definition) is 1. The minimum atomic E-state index is 0.545. The second kappa shape index (κ2) is 4.74. The van der Waals surface area contributed by atoms with Gasteiger partial charge < -0.3 is 10.2 Å². The van der Waals surface area contributed by atoms with Crippen LogP contribution < -0.4 is 10.2 Å². The quantitative estimate of drug-likeness (QED) is 0.907. The molecule has 1 aromatic heterocycles. The monoisotopic (exact) mass is 267 g/mol. The minimum Gasteiger partial charge on any atom is -0.365 e. The number of benzene rings is 1. The Labute approximate surface area is 120 Å². The number of aromatic nitrogens is 1. The molecule has 3 heteroatoms. The van der Waals surface area contributed by atoms with Gasteiger partial charge in [0.2, 0.25) is 0 Å². The molecule has 4 rings (SSSR count). The van der Waals surface area contributed by atoms with E-state index in [0.29, 0.717) is 12.1 Å². The van der Waals surface area contributed by atoms with Gasteiger partial charge in [-0.2, -0.15) is 0 Å². The smallest absolute Gasteiger partial charge is 0.0450 e. The van der Waals surface area contributed by atoms with Crippen molar-refractivity contribution in [3.8, 4) is 0 Å². The van der Waals surface area contributed by atoms with E-state index in [2.05, 4.69) is 46.4 Å². The number of anilines is 1. The Hall–Kier alpha value is -1.61. The lowest BCUT2D eigenvalue weighted by Crippen LogP contribution is -2.56. The van der Waals surface area contributed by atoms with E-state index in [0.717, 1.165) is 19.0 Å². The van der Waals surface area contributed by atoms with Crippen LogP contribution in [0.3, 0.4) is 0 Å². The molecule has 0 amide bonds. The lowest BCUT2D eigenvalue weighted by molar-refractivity contribution is 0.376. The largest absolute Gasteiger partial charge is 0.365 e. The van der Waals surface area contributed by atoms with Gasteiger partial charge in [-0.3, -0.25) is 4.98 Å². The van der Waals surface area contributed by atoms with Gasteiger partial charge in [0.15, 0.2) is 0 Å². The second-order valence-electron chi connectivity index (χ2n) is 6.23. The van der Waals surface area contributed by atoms with Crippen molar-refractivity contribution < 1.29 is 0 Å². The third kappa shape index (κ3) is 2.06. The first-order valence-corrected chi connectivity index (χ1v) is 7.66.